The zero-order chi connectivity index (χ0) is 13.8. The van der Waals surface area contributed by atoms with Gasteiger partial charge in [0.05, 0.1) is 5.41 Å². The van der Waals surface area contributed by atoms with Crippen molar-refractivity contribution in [1.29, 1.82) is 0 Å². The van der Waals surface area contributed by atoms with Crippen LogP contribution in [0.25, 0.3) is 0 Å². The summed E-state index contributed by atoms with van der Waals surface area (Å²) in [5, 5.41) is 12.1. The first-order valence-electron chi connectivity index (χ1n) is 6.71. The fraction of sp³-hybridized carbons (Fsp3) is 0.846. The number of urea groups is 1. The van der Waals surface area contributed by atoms with Gasteiger partial charge < -0.3 is 15.3 Å². The lowest BCUT2D eigenvalue weighted by Gasteiger charge is -2.28. The van der Waals surface area contributed by atoms with Crippen LogP contribution in [0.5, 0.6) is 0 Å². The summed E-state index contributed by atoms with van der Waals surface area (Å²) in [6.45, 7) is 7.56. The van der Waals surface area contributed by atoms with Gasteiger partial charge in [-0.25, -0.2) is 4.79 Å². The number of likely N-dealkylation sites (tertiary alicyclic amines) is 1. The quantitative estimate of drug-likeness (QED) is 0.789. The van der Waals surface area contributed by atoms with Gasteiger partial charge in [-0.05, 0) is 25.2 Å². The maximum absolute atomic E-state index is 11.9. The van der Waals surface area contributed by atoms with Crippen LogP contribution < -0.4 is 5.32 Å². The number of nitrogens with one attached hydrogen (secondary N) is 1. The molecule has 1 saturated heterocycles. The highest BCUT2D eigenvalue weighted by Crippen LogP contribution is 2.26. The molecule has 2 amide bonds. The van der Waals surface area contributed by atoms with Crippen molar-refractivity contribution in [2.75, 3.05) is 19.6 Å². The second-order valence-corrected chi connectivity index (χ2v) is 5.29. The van der Waals surface area contributed by atoms with Crippen LogP contribution in [0.15, 0.2) is 0 Å². The van der Waals surface area contributed by atoms with Crippen molar-refractivity contribution >= 4 is 12.0 Å². The molecule has 0 spiro atoms. The van der Waals surface area contributed by atoms with Gasteiger partial charge in [0.1, 0.15) is 0 Å². The van der Waals surface area contributed by atoms with Gasteiger partial charge in [0.15, 0.2) is 0 Å². The van der Waals surface area contributed by atoms with Gasteiger partial charge in [-0.3, -0.25) is 4.79 Å². The molecular formula is C13H24N2O3. The summed E-state index contributed by atoms with van der Waals surface area (Å²) in [5.41, 5.74) is -0.832. The monoisotopic (exact) mass is 256 g/mol. The third-order valence-corrected chi connectivity index (χ3v) is 4.10. The van der Waals surface area contributed by atoms with Crippen molar-refractivity contribution in [3.8, 4) is 0 Å². The van der Waals surface area contributed by atoms with Crippen molar-refractivity contribution in [3.05, 3.63) is 0 Å². The van der Waals surface area contributed by atoms with Crippen LogP contribution >= 0.6 is 0 Å². The second-order valence-electron chi connectivity index (χ2n) is 5.29. The zero-order valence-electron chi connectivity index (χ0n) is 11.5. The molecule has 1 heterocycles. The predicted molar refractivity (Wildman–Crippen MR) is 69.4 cm³/mol. The number of carboxylic acid groups (broad SMARTS) is 1. The Morgan fingerprint density at radius 2 is 2.00 bits per heavy atom. The van der Waals surface area contributed by atoms with Crippen molar-refractivity contribution in [2.24, 2.45) is 11.3 Å². The fourth-order valence-electron chi connectivity index (χ4n) is 2.35. The standard InChI is InChI=1S/C13H24N2O3/c1-4-13(5-2,11(16)17)9-14-12(18)15-7-6-10(3)8-15/h10H,4-9H2,1-3H3,(H,14,18)(H,16,17). The molecule has 0 bridgehead atoms. The Morgan fingerprint density at radius 3 is 2.39 bits per heavy atom. The Balaban J connectivity index is 2.52. The molecule has 0 aliphatic carbocycles. The molecule has 0 radical (unpaired) electrons. The van der Waals surface area contributed by atoms with Crippen LogP contribution in [0.2, 0.25) is 0 Å². The Labute approximate surface area is 109 Å². The number of amides is 2. The van der Waals surface area contributed by atoms with Gasteiger partial charge in [0.2, 0.25) is 0 Å². The van der Waals surface area contributed by atoms with E-state index >= 15 is 0 Å². The van der Waals surface area contributed by atoms with Gasteiger partial charge in [0.25, 0.3) is 0 Å². The molecule has 1 fully saturated rings. The third kappa shape index (κ3) is 3.15. The number of hydrogen-bond acceptors (Lipinski definition) is 2. The maximum atomic E-state index is 11.9. The molecule has 1 aliphatic rings. The van der Waals surface area contributed by atoms with E-state index in [0.717, 1.165) is 19.5 Å². The molecule has 104 valence electrons. The van der Waals surface area contributed by atoms with Crippen LogP contribution in [0, 0.1) is 11.3 Å². The van der Waals surface area contributed by atoms with E-state index < -0.39 is 11.4 Å². The number of aliphatic carboxylic acids is 1. The van der Waals surface area contributed by atoms with Gasteiger partial charge in [0, 0.05) is 19.6 Å². The van der Waals surface area contributed by atoms with E-state index in [1.54, 1.807) is 4.90 Å². The Hall–Kier alpha value is -1.26. The molecule has 1 atom stereocenters. The van der Waals surface area contributed by atoms with Crippen LogP contribution in [-0.4, -0.2) is 41.6 Å². The van der Waals surface area contributed by atoms with Gasteiger partial charge in [-0.1, -0.05) is 20.8 Å². The molecule has 2 N–H and O–H groups in total. The molecule has 1 unspecified atom stereocenters. The highest BCUT2D eigenvalue weighted by Gasteiger charge is 2.36. The first kappa shape index (κ1) is 14.8. The van der Waals surface area contributed by atoms with Crippen molar-refractivity contribution < 1.29 is 14.7 Å². The van der Waals surface area contributed by atoms with Crippen LogP contribution in [-0.2, 0) is 4.79 Å². The molecule has 0 aromatic carbocycles. The number of nitrogens with zero attached hydrogens (tertiary/aromatic N) is 1. The lowest BCUT2D eigenvalue weighted by atomic mass is 9.82. The summed E-state index contributed by atoms with van der Waals surface area (Å²) in [4.78, 5) is 25.0. The van der Waals surface area contributed by atoms with E-state index in [1.807, 2.05) is 13.8 Å². The van der Waals surface area contributed by atoms with E-state index in [1.165, 1.54) is 0 Å². The lowest BCUT2D eigenvalue weighted by molar-refractivity contribution is -0.149. The first-order valence-corrected chi connectivity index (χ1v) is 6.71. The molecular weight excluding hydrogens is 232 g/mol. The average Bonchev–Trinajstić information content (AvgIpc) is 2.77. The van der Waals surface area contributed by atoms with E-state index in [9.17, 15) is 14.7 Å². The highest BCUT2D eigenvalue weighted by molar-refractivity contribution is 5.78. The minimum absolute atomic E-state index is 0.133. The molecule has 1 rings (SSSR count). The Morgan fingerprint density at radius 1 is 1.39 bits per heavy atom. The number of hydrogen-bond donors (Lipinski definition) is 2. The second kappa shape index (κ2) is 6.07. The maximum Gasteiger partial charge on any atom is 0.317 e. The zero-order valence-corrected chi connectivity index (χ0v) is 11.5. The predicted octanol–water partition coefficient (Wildman–Crippen LogP) is 1.93. The normalized spacial score (nSPS) is 19.9. The van der Waals surface area contributed by atoms with E-state index in [2.05, 4.69) is 12.2 Å². The van der Waals surface area contributed by atoms with Crippen LogP contribution in [0.3, 0.4) is 0 Å². The van der Waals surface area contributed by atoms with Crippen molar-refractivity contribution in [1.82, 2.24) is 10.2 Å². The van der Waals surface area contributed by atoms with Crippen LogP contribution in [0.1, 0.15) is 40.0 Å². The molecule has 1 aliphatic heterocycles. The number of carbonyl (C=O) groups is 2. The Kier molecular flexibility index (Phi) is 4.99. The molecule has 5 nitrogen and oxygen atoms in total. The third-order valence-electron chi connectivity index (χ3n) is 4.10. The minimum Gasteiger partial charge on any atom is -0.481 e. The summed E-state index contributed by atoms with van der Waals surface area (Å²) in [6.07, 6.45) is 2.07. The smallest absolute Gasteiger partial charge is 0.317 e. The Bertz CT molecular complexity index is 313. The van der Waals surface area contributed by atoms with Gasteiger partial charge >= 0.3 is 12.0 Å². The van der Waals surface area contributed by atoms with Crippen molar-refractivity contribution in [3.63, 3.8) is 0 Å². The fourth-order valence-corrected chi connectivity index (χ4v) is 2.35. The molecule has 0 saturated carbocycles. The topological polar surface area (TPSA) is 69.6 Å². The SMILES string of the molecule is CCC(CC)(CNC(=O)N1CCC(C)C1)C(=O)O. The van der Waals surface area contributed by atoms with Crippen LogP contribution in [0.4, 0.5) is 4.79 Å². The highest BCUT2D eigenvalue weighted by atomic mass is 16.4. The van der Waals surface area contributed by atoms with Crippen molar-refractivity contribution in [2.45, 2.75) is 40.0 Å². The first-order chi connectivity index (χ1) is 8.45. The van der Waals surface area contributed by atoms with E-state index in [0.29, 0.717) is 18.8 Å². The molecule has 0 aromatic rings. The summed E-state index contributed by atoms with van der Waals surface area (Å²) in [7, 11) is 0. The van der Waals surface area contributed by atoms with Gasteiger partial charge in [-0.2, -0.15) is 0 Å². The summed E-state index contributed by atoms with van der Waals surface area (Å²) in [6, 6.07) is -0.133. The largest absolute Gasteiger partial charge is 0.481 e. The summed E-state index contributed by atoms with van der Waals surface area (Å²) < 4.78 is 0. The molecule has 18 heavy (non-hydrogen) atoms. The number of carbonyl (C=O) groups excluding carboxylic acids is 1. The lowest BCUT2D eigenvalue weighted by Crippen LogP contribution is -2.46. The summed E-state index contributed by atoms with van der Waals surface area (Å²) >= 11 is 0. The van der Waals surface area contributed by atoms with Gasteiger partial charge in [-0.15, -0.1) is 0 Å². The van der Waals surface area contributed by atoms with E-state index in [-0.39, 0.29) is 12.6 Å². The average molecular weight is 256 g/mol. The molecule has 0 aromatic heterocycles. The number of rotatable bonds is 5. The minimum atomic E-state index is -0.832. The summed E-state index contributed by atoms with van der Waals surface area (Å²) in [5.74, 6) is -0.292. The molecule has 5 heteroatoms. The number of carboxylic acids is 1. The van der Waals surface area contributed by atoms with E-state index in [4.69, 9.17) is 0 Å².